The maximum absolute atomic E-state index is 12.2. The van der Waals surface area contributed by atoms with E-state index in [0.717, 1.165) is 43.1 Å². The summed E-state index contributed by atoms with van der Waals surface area (Å²) in [6.45, 7) is 5.78. The number of hydrogen-bond acceptors (Lipinski definition) is 6. The van der Waals surface area contributed by atoms with Gasteiger partial charge in [0.2, 0.25) is 6.79 Å². The number of rotatable bonds is 6. The number of fused-ring (bicyclic) bond motifs is 1. The average Bonchev–Trinajstić information content (AvgIpc) is 3.09. The Kier molecular flexibility index (Phi) is 5.99. The van der Waals surface area contributed by atoms with E-state index >= 15 is 0 Å². The van der Waals surface area contributed by atoms with Crippen LogP contribution in [0.25, 0.3) is 0 Å². The van der Waals surface area contributed by atoms with E-state index < -0.39 is 0 Å². The summed E-state index contributed by atoms with van der Waals surface area (Å²) in [5, 5.41) is 0. The molecule has 0 aliphatic carbocycles. The molecule has 2 aliphatic rings. The lowest BCUT2D eigenvalue weighted by Crippen LogP contribution is -2.39. The van der Waals surface area contributed by atoms with E-state index in [4.69, 9.17) is 18.9 Å². The molecule has 138 valence electrons. The molecule has 1 amide bonds. The van der Waals surface area contributed by atoms with E-state index in [0.29, 0.717) is 19.9 Å². The molecule has 0 aromatic heterocycles. The molecule has 25 heavy (non-hydrogen) atoms. The third-order valence-corrected chi connectivity index (χ3v) is 4.59. The zero-order valence-corrected chi connectivity index (χ0v) is 14.9. The topological polar surface area (TPSA) is 60.5 Å². The Balaban J connectivity index is 1.43. The Hall–Kier alpha value is -1.99. The fourth-order valence-corrected chi connectivity index (χ4v) is 2.91. The second kappa shape index (κ2) is 8.40. The number of ether oxygens (including phenoxy) is 4. The van der Waals surface area contributed by atoms with Gasteiger partial charge in [-0.1, -0.05) is 6.07 Å². The van der Waals surface area contributed by atoms with Crippen LogP contribution in [-0.4, -0.2) is 68.8 Å². The van der Waals surface area contributed by atoms with Gasteiger partial charge in [-0.2, -0.15) is 0 Å². The normalized spacial score (nSPS) is 18.0. The molecular formula is C18H26N2O5. The lowest BCUT2D eigenvalue weighted by atomic mass is 10.1. The highest BCUT2D eigenvalue weighted by atomic mass is 16.7. The first-order valence-electron chi connectivity index (χ1n) is 8.71. The van der Waals surface area contributed by atoms with Crippen molar-refractivity contribution in [3.63, 3.8) is 0 Å². The maximum Gasteiger partial charge on any atom is 0.409 e. The maximum atomic E-state index is 12.2. The molecule has 0 unspecified atom stereocenters. The Morgan fingerprint density at radius 2 is 2.20 bits per heavy atom. The van der Waals surface area contributed by atoms with Gasteiger partial charge in [-0.15, -0.1) is 0 Å². The molecule has 7 heteroatoms. The van der Waals surface area contributed by atoms with Gasteiger partial charge in [-0.3, -0.25) is 4.90 Å². The molecule has 1 aromatic rings. The second-order valence-corrected chi connectivity index (χ2v) is 6.47. The molecule has 1 aromatic carbocycles. The van der Waals surface area contributed by atoms with Crippen LogP contribution in [0.2, 0.25) is 0 Å². The monoisotopic (exact) mass is 350 g/mol. The SMILES string of the molecule is C[C@H](Cc1ccc2c(c1)OCO2)N(C)C(=O)OCCN1CCCOC1. The summed E-state index contributed by atoms with van der Waals surface area (Å²) in [6.07, 6.45) is 1.45. The van der Waals surface area contributed by atoms with E-state index in [9.17, 15) is 4.79 Å². The summed E-state index contributed by atoms with van der Waals surface area (Å²) in [5.74, 6) is 1.53. The number of amides is 1. The van der Waals surface area contributed by atoms with E-state index in [1.54, 1.807) is 11.9 Å². The Bertz CT molecular complexity index is 589. The third-order valence-electron chi connectivity index (χ3n) is 4.59. The van der Waals surface area contributed by atoms with Gasteiger partial charge >= 0.3 is 6.09 Å². The summed E-state index contributed by atoms with van der Waals surface area (Å²) in [4.78, 5) is 16.0. The van der Waals surface area contributed by atoms with Gasteiger partial charge in [-0.05, 0) is 37.5 Å². The molecule has 0 bridgehead atoms. The zero-order chi connectivity index (χ0) is 17.6. The number of nitrogens with zero attached hydrogens (tertiary/aromatic N) is 2. The predicted molar refractivity (Wildman–Crippen MR) is 91.9 cm³/mol. The molecule has 0 spiro atoms. The van der Waals surface area contributed by atoms with Crippen molar-refractivity contribution in [3.05, 3.63) is 23.8 Å². The van der Waals surface area contributed by atoms with Crippen molar-refractivity contribution in [1.29, 1.82) is 0 Å². The number of hydrogen-bond donors (Lipinski definition) is 0. The highest BCUT2D eigenvalue weighted by Crippen LogP contribution is 2.32. The van der Waals surface area contributed by atoms with Crippen molar-refractivity contribution in [3.8, 4) is 11.5 Å². The van der Waals surface area contributed by atoms with Crippen LogP contribution in [0.15, 0.2) is 18.2 Å². The van der Waals surface area contributed by atoms with E-state index in [2.05, 4.69) is 4.90 Å². The van der Waals surface area contributed by atoms with Gasteiger partial charge in [0.05, 0.1) is 6.73 Å². The molecule has 0 N–H and O–H groups in total. The van der Waals surface area contributed by atoms with Crippen LogP contribution in [0.3, 0.4) is 0 Å². The molecule has 1 fully saturated rings. The van der Waals surface area contributed by atoms with Crippen LogP contribution in [0.5, 0.6) is 11.5 Å². The Morgan fingerprint density at radius 1 is 1.36 bits per heavy atom. The van der Waals surface area contributed by atoms with Crippen molar-refractivity contribution < 1.29 is 23.7 Å². The van der Waals surface area contributed by atoms with E-state index in [1.807, 2.05) is 25.1 Å². The minimum absolute atomic E-state index is 0.0196. The summed E-state index contributed by atoms with van der Waals surface area (Å²) in [6, 6.07) is 5.89. The van der Waals surface area contributed by atoms with Gasteiger partial charge in [0.15, 0.2) is 11.5 Å². The number of likely N-dealkylation sites (N-methyl/N-ethyl adjacent to an activating group) is 1. The van der Waals surface area contributed by atoms with Crippen molar-refractivity contribution in [2.45, 2.75) is 25.8 Å². The first-order chi connectivity index (χ1) is 12.1. The average molecular weight is 350 g/mol. The van der Waals surface area contributed by atoms with Crippen molar-refractivity contribution in [2.75, 3.05) is 46.9 Å². The highest BCUT2D eigenvalue weighted by Gasteiger charge is 2.20. The summed E-state index contributed by atoms with van der Waals surface area (Å²) in [7, 11) is 1.77. The summed E-state index contributed by atoms with van der Waals surface area (Å²) in [5.41, 5.74) is 1.10. The van der Waals surface area contributed by atoms with E-state index in [1.165, 1.54) is 0 Å². The van der Waals surface area contributed by atoms with Crippen LogP contribution in [0, 0.1) is 0 Å². The smallest absolute Gasteiger partial charge is 0.409 e. The molecule has 2 aliphatic heterocycles. The van der Waals surface area contributed by atoms with Gasteiger partial charge in [0.1, 0.15) is 6.61 Å². The molecule has 0 saturated carbocycles. The lowest BCUT2D eigenvalue weighted by Gasteiger charge is -2.27. The van der Waals surface area contributed by atoms with Gasteiger partial charge in [0, 0.05) is 32.8 Å². The standard InChI is InChI=1S/C18H26N2O5/c1-14(10-15-4-5-16-17(11-15)25-13-24-16)19(2)18(21)23-9-7-20-6-3-8-22-12-20/h4-5,11,14H,3,6-10,12-13H2,1-2H3/t14-/m1/s1. The Morgan fingerprint density at radius 3 is 3.00 bits per heavy atom. The fraction of sp³-hybridized carbons (Fsp3) is 0.611. The predicted octanol–water partition coefficient (Wildman–Crippen LogP) is 2.09. The Labute approximate surface area is 148 Å². The first-order valence-corrected chi connectivity index (χ1v) is 8.71. The van der Waals surface area contributed by atoms with E-state index in [-0.39, 0.29) is 18.9 Å². The molecule has 7 nitrogen and oxygen atoms in total. The van der Waals surface area contributed by atoms with Crippen LogP contribution in [-0.2, 0) is 15.9 Å². The first kappa shape index (κ1) is 17.8. The number of carbonyl (C=O) groups excluding carboxylic acids is 1. The molecule has 3 rings (SSSR count). The van der Waals surface area contributed by atoms with Gasteiger partial charge in [0.25, 0.3) is 0 Å². The largest absolute Gasteiger partial charge is 0.454 e. The minimum atomic E-state index is -0.300. The van der Waals surface area contributed by atoms with Crippen LogP contribution < -0.4 is 9.47 Å². The van der Waals surface area contributed by atoms with Gasteiger partial charge < -0.3 is 23.8 Å². The van der Waals surface area contributed by atoms with Crippen LogP contribution in [0.1, 0.15) is 18.9 Å². The highest BCUT2D eigenvalue weighted by molar-refractivity contribution is 5.67. The lowest BCUT2D eigenvalue weighted by molar-refractivity contribution is -0.0225. The molecule has 1 saturated heterocycles. The number of benzene rings is 1. The second-order valence-electron chi connectivity index (χ2n) is 6.47. The van der Waals surface area contributed by atoms with Crippen molar-refractivity contribution >= 4 is 6.09 Å². The third kappa shape index (κ3) is 4.76. The molecule has 2 heterocycles. The van der Waals surface area contributed by atoms with Crippen molar-refractivity contribution in [1.82, 2.24) is 9.80 Å². The molecule has 0 radical (unpaired) electrons. The summed E-state index contributed by atoms with van der Waals surface area (Å²) < 4.78 is 21.5. The van der Waals surface area contributed by atoms with Crippen molar-refractivity contribution in [2.24, 2.45) is 0 Å². The quantitative estimate of drug-likeness (QED) is 0.783. The molecular weight excluding hydrogens is 324 g/mol. The van der Waals surface area contributed by atoms with Crippen LogP contribution in [0.4, 0.5) is 4.79 Å². The van der Waals surface area contributed by atoms with Gasteiger partial charge in [-0.25, -0.2) is 4.79 Å². The molecule has 1 atom stereocenters. The number of carbonyl (C=O) groups is 1. The fourth-order valence-electron chi connectivity index (χ4n) is 2.91. The minimum Gasteiger partial charge on any atom is -0.454 e. The summed E-state index contributed by atoms with van der Waals surface area (Å²) >= 11 is 0. The zero-order valence-electron chi connectivity index (χ0n) is 14.9. The van der Waals surface area contributed by atoms with Crippen LogP contribution >= 0.6 is 0 Å².